The monoisotopic (exact) mass is 509 g/mol. The highest BCUT2D eigenvalue weighted by Crippen LogP contribution is 2.21. The Morgan fingerprint density at radius 2 is 1.69 bits per heavy atom. The number of anilines is 1. The first-order chi connectivity index (χ1) is 17.4. The molecule has 0 bridgehead atoms. The van der Waals surface area contributed by atoms with Gasteiger partial charge in [0.05, 0.1) is 16.3 Å². The van der Waals surface area contributed by atoms with Gasteiger partial charge in [0.1, 0.15) is 12.4 Å². The molecule has 188 valence electrons. The van der Waals surface area contributed by atoms with E-state index in [4.69, 9.17) is 11.6 Å². The molecule has 2 aromatic carbocycles. The van der Waals surface area contributed by atoms with Crippen molar-refractivity contribution >= 4 is 29.2 Å². The fraction of sp³-hybridized carbons (Fsp3) is 0.333. The van der Waals surface area contributed by atoms with Gasteiger partial charge in [-0.15, -0.1) is 10.2 Å². The van der Waals surface area contributed by atoms with Crippen LogP contribution in [0, 0.1) is 5.82 Å². The third-order valence-electron chi connectivity index (χ3n) is 6.54. The summed E-state index contributed by atoms with van der Waals surface area (Å²) in [6, 6.07) is 16.7. The molecular weight excluding hydrogens is 481 g/mol. The molecule has 0 saturated carbocycles. The highest BCUT2D eigenvalue weighted by molar-refractivity contribution is 6.33. The molecule has 0 spiro atoms. The first kappa shape index (κ1) is 25.6. The molecule has 7 nitrogen and oxygen atoms in total. The van der Waals surface area contributed by atoms with Gasteiger partial charge in [0.25, 0.3) is 5.91 Å². The van der Waals surface area contributed by atoms with E-state index in [2.05, 4.69) is 15.1 Å². The second kappa shape index (κ2) is 11.5. The molecule has 1 atom stereocenters. The van der Waals surface area contributed by atoms with Gasteiger partial charge in [-0.25, -0.2) is 4.39 Å². The first-order valence-electron chi connectivity index (χ1n) is 12.0. The Kier molecular flexibility index (Phi) is 8.15. The van der Waals surface area contributed by atoms with E-state index in [-0.39, 0.29) is 30.2 Å². The topological polar surface area (TPSA) is 69.6 Å². The number of piperazine rings is 1. The second-order valence-corrected chi connectivity index (χ2v) is 9.23. The largest absolute Gasteiger partial charge is 0.352 e. The van der Waals surface area contributed by atoms with Crippen LogP contribution in [-0.4, -0.2) is 70.6 Å². The second-order valence-electron chi connectivity index (χ2n) is 8.82. The fourth-order valence-corrected chi connectivity index (χ4v) is 4.35. The van der Waals surface area contributed by atoms with E-state index in [0.29, 0.717) is 42.5 Å². The molecule has 1 saturated heterocycles. The summed E-state index contributed by atoms with van der Waals surface area (Å²) in [6.07, 6.45) is 0.726. The van der Waals surface area contributed by atoms with Gasteiger partial charge in [0.2, 0.25) is 5.91 Å². The van der Waals surface area contributed by atoms with Crippen LogP contribution < -0.4 is 4.90 Å². The Bertz CT molecular complexity index is 1200. The Morgan fingerprint density at radius 3 is 2.31 bits per heavy atom. The minimum atomic E-state index is -0.295. The summed E-state index contributed by atoms with van der Waals surface area (Å²) >= 11 is 6.25. The van der Waals surface area contributed by atoms with Gasteiger partial charge >= 0.3 is 0 Å². The predicted octanol–water partition coefficient (Wildman–Crippen LogP) is 4.53. The van der Waals surface area contributed by atoms with Crippen molar-refractivity contribution in [2.24, 2.45) is 0 Å². The maximum atomic E-state index is 13.2. The Balaban J connectivity index is 1.37. The van der Waals surface area contributed by atoms with Crippen molar-refractivity contribution in [2.75, 3.05) is 37.6 Å². The first-order valence-corrected chi connectivity index (χ1v) is 12.4. The Labute approximate surface area is 215 Å². The number of aromatic nitrogens is 2. The third-order valence-corrected chi connectivity index (χ3v) is 6.87. The van der Waals surface area contributed by atoms with Crippen LogP contribution in [0.1, 0.15) is 30.6 Å². The SMILES string of the molecule is CCC(C)N(CC(=O)N1CCN(c2ccc(-c3ccc(F)cc3)nn2)CC1)C(=O)c1ccccc1Cl. The van der Waals surface area contributed by atoms with E-state index in [9.17, 15) is 14.0 Å². The van der Waals surface area contributed by atoms with Crippen molar-refractivity contribution in [1.29, 1.82) is 0 Å². The zero-order valence-electron chi connectivity index (χ0n) is 20.4. The van der Waals surface area contributed by atoms with Crippen molar-refractivity contribution in [3.05, 3.63) is 77.1 Å². The van der Waals surface area contributed by atoms with Crippen LogP contribution in [0.15, 0.2) is 60.7 Å². The van der Waals surface area contributed by atoms with E-state index in [1.165, 1.54) is 12.1 Å². The molecule has 1 fully saturated rings. The standard InChI is InChI=1S/C27H29ClFN5O2/c1-3-19(2)34(27(36)22-6-4-5-7-23(22)28)18-26(35)33-16-14-32(15-17-33)25-13-12-24(30-31-25)20-8-10-21(29)11-9-20/h4-13,19H,3,14-18H2,1-2H3. The number of rotatable bonds is 7. The van der Waals surface area contributed by atoms with Gasteiger partial charge in [0.15, 0.2) is 5.82 Å². The third kappa shape index (κ3) is 5.82. The summed E-state index contributed by atoms with van der Waals surface area (Å²) in [6.45, 7) is 6.20. The van der Waals surface area contributed by atoms with Gasteiger partial charge in [-0.3, -0.25) is 9.59 Å². The van der Waals surface area contributed by atoms with Crippen LogP contribution in [0.2, 0.25) is 5.02 Å². The average molecular weight is 510 g/mol. The number of benzene rings is 2. The Hall–Kier alpha value is -3.52. The number of carbonyl (C=O) groups excluding carboxylic acids is 2. The van der Waals surface area contributed by atoms with E-state index < -0.39 is 0 Å². The molecule has 1 unspecified atom stereocenters. The van der Waals surface area contributed by atoms with E-state index >= 15 is 0 Å². The van der Waals surface area contributed by atoms with Crippen LogP contribution in [0.25, 0.3) is 11.3 Å². The number of nitrogens with zero attached hydrogens (tertiary/aromatic N) is 5. The summed E-state index contributed by atoms with van der Waals surface area (Å²) in [5, 5.41) is 8.99. The predicted molar refractivity (Wildman–Crippen MR) is 138 cm³/mol. The molecule has 2 heterocycles. The lowest BCUT2D eigenvalue weighted by Crippen LogP contribution is -2.53. The average Bonchev–Trinajstić information content (AvgIpc) is 2.92. The minimum Gasteiger partial charge on any atom is -0.352 e. The van der Waals surface area contributed by atoms with Gasteiger partial charge in [-0.1, -0.05) is 30.7 Å². The molecule has 9 heteroatoms. The smallest absolute Gasteiger partial charge is 0.256 e. The van der Waals surface area contributed by atoms with E-state index in [1.54, 1.807) is 46.2 Å². The Morgan fingerprint density at radius 1 is 1.00 bits per heavy atom. The summed E-state index contributed by atoms with van der Waals surface area (Å²) in [5.41, 5.74) is 1.86. The highest BCUT2D eigenvalue weighted by Gasteiger charge is 2.28. The molecule has 1 aliphatic rings. The van der Waals surface area contributed by atoms with Gasteiger partial charge in [-0.05, 0) is 61.9 Å². The summed E-state index contributed by atoms with van der Waals surface area (Å²) in [5.74, 6) is 0.103. The molecule has 2 amide bonds. The number of carbonyl (C=O) groups is 2. The van der Waals surface area contributed by atoms with E-state index in [1.807, 2.05) is 26.0 Å². The maximum Gasteiger partial charge on any atom is 0.256 e. The van der Waals surface area contributed by atoms with Crippen LogP contribution in [0.4, 0.5) is 10.2 Å². The highest BCUT2D eigenvalue weighted by atomic mass is 35.5. The van der Waals surface area contributed by atoms with E-state index in [0.717, 1.165) is 17.8 Å². The summed E-state index contributed by atoms with van der Waals surface area (Å²) in [7, 11) is 0. The van der Waals surface area contributed by atoms with Gasteiger partial charge < -0.3 is 14.7 Å². The zero-order valence-corrected chi connectivity index (χ0v) is 21.2. The van der Waals surface area contributed by atoms with Crippen molar-refractivity contribution in [1.82, 2.24) is 20.0 Å². The van der Waals surface area contributed by atoms with Crippen molar-refractivity contribution in [3.63, 3.8) is 0 Å². The van der Waals surface area contributed by atoms with Crippen LogP contribution >= 0.6 is 11.6 Å². The zero-order chi connectivity index (χ0) is 25.7. The summed E-state index contributed by atoms with van der Waals surface area (Å²) in [4.78, 5) is 31.8. The minimum absolute atomic E-state index is 0.00519. The number of amides is 2. The lowest BCUT2D eigenvalue weighted by atomic mass is 10.1. The van der Waals surface area contributed by atoms with Gasteiger partial charge in [-0.2, -0.15) is 0 Å². The van der Waals surface area contributed by atoms with Crippen LogP contribution in [-0.2, 0) is 4.79 Å². The molecule has 3 aromatic rings. The lowest BCUT2D eigenvalue weighted by Gasteiger charge is -2.37. The normalized spacial score (nSPS) is 14.4. The number of hydrogen-bond donors (Lipinski definition) is 0. The molecule has 1 aromatic heterocycles. The van der Waals surface area contributed by atoms with Crippen LogP contribution in [0.3, 0.4) is 0 Å². The molecule has 36 heavy (non-hydrogen) atoms. The van der Waals surface area contributed by atoms with Crippen molar-refractivity contribution in [2.45, 2.75) is 26.3 Å². The molecular formula is C27H29ClFN5O2. The number of hydrogen-bond acceptors (Lipinski definition) is 5. The molecule has 4 rings (SSSR count). The van der Waals surface area contributed by atoms with Crippen LogP contribution in [0.5, 0.6) is 0 Å². The molecule has 1 aliphatic heterocycles. The van der Waals surface area contributed by atoms with Crippen molar-refractivity contribution < 1.29 is 14.0 Å². The quantitative estimate of drug-likeness (QED) is 0.468. The molecule has 0 radical (unpaired) electrons. The molecule has 0 aliphatic carbocycles. The van der Waals surface area contributed by atoms with Crippen molar-refractivity contribution in [3.8, 4) is 11.3 Å². The molecule has 0 N–H and O–H groups in total. The fourth-order valence-electron chi connectivity index (χ4n) is 4.14. The maximum absolute atomic E-state index is 13.2. The number of halogens is 2. The van der Waals surface area contributed by atoms with Gasteiger partial charge in [0, 0.05) is 37.8 Å². The summed E-state index contributed by atoms with van der Waals surface area (Å²) < 4.78 is 13.2. The lowest BCUT2D eigenvalue weighted by molar-refractivity contribution is -0.132.